The molecule has 0 heterocycles. The van der Waals surface area contributed by atoms with Gasteiger partial charge >= 0.3 is 0 Å². The van der Waals surface area contributed by atoms with E-state index in [0.717, 1.165) is 6.54 Å². The summed E-state index contributed by atoms with van der Waals surface area (Å²) >= 11 is 6.21. The molecule has 1 aliphatic carbocycles. The summed E-state index contributed by atoms with van der Waals surface area (Å²) in [5, 5.41) is 3.84. The molecule has 0 bridgehead atoms. The lowest BCUT2D eigenvalue weighted by Crippen LogP contribution is -2.39. The molecule has 2 atom stereocenters. The highest BCUT2D eigenvalue weighted by atomic mass is 35.5. The molecule has 2 unspecified atom stereocenters. The number of halogens is 1. The average molecular weight is 202 g/mol. The second-order valence-corrected chi connectivity index (χ2v) is 4.66. The summed E-state index contributed by atoms with van der Waals surface area (Å²) in [6.07, 6.45) is 7.27. The summed E-state index contributed by atoms with van der Waals surface area (Å²) in [5.74, 6) is 0. The lowest BCUT2D eigenvalue weighted by molar-refractivity contribution is 0.391. The van der Waals surface area contributed by atoms with Gasteiger partial charge in [-0.15, -0.1) is 11.6 Å². The topological polar surface area (TPSA) is 12.0 Å². The third kappa shape index (κ3) is 4.15. The molecule has 1 fully saturated rings. The van der Waals surface area contributed by atoms with Gasteiger partial charge in [-0.05, 0) is 26.7 Å². The molecule has 0 aliphatic heterocycles. The van der Waals surface area contributed by atoms with Crippen molar-refractivity contribution in [2.24, 2.45) is 0 Å². The summed E-state index contributed by atoms with van der Waals surface area (Å²) in [4.78, 5) is 0. The van der Waals surface area contributed by atoms with Crippen molar-refractivity contribution in [2.45, 2.75) is 50.9 Å². The lowest BCUT2D eigenvalue weighted by atomic mass is 9.95. The van der Waals surface area contributed by atoms with E-state index < -0.39 is 0 Å². The second kappa shape index (κ2) is 5.66. The Morgan fingerprint density at radius 3 is 2.69 bits per heavy atom. The van der Waals surface area contributed by atoms with Gasteiger partial charge in [-0.1, -0.05) is 24.5 Å². The summed E-state index contributed by atoms with van der Waals surface area (Å²) in [6, 6.07) is 0.533. The molecule has 76 valence electrons. The van der Waals surface area contributed by atoms with Gasteiger partial charge in [0.15, 0.2) is 0 Å². The average Bonchev–Trinajstić information content (AvgIpc) is 2.08. The molecular weight excluding hydrogens is 182 g/mol. The lowest BCUT2D eigenvalue weighted by Gasteiger charge is -2.27. The number of alkyl halides is 1. The van der Waals surface area contributed by atoms with E-state index in [1.807, 2.05) is 0 Å². The predicted octanol–water partition coefficient (Wildman–Crippen LogP) is 3.09. The van der Waals surface area contributed by atoms with Gasteiger partial charge in [-0.2, -0.15) is 0 Å². The maximum Gasteiger partial charge on any atom is 0.0489 e. The Bertz CT molecular complexity index is 173. The van der Waals surface area contributed by atoms with E-state index >= 15 is 0 Å². The summed E-state index contributed by atoms with van der Waals surface area (Å²) < 4.78 is 0. The van der Waals surface area contributed by atoms with Crippen molar-refractivity contribution in [2.75, 3.05) is 6.54 Å². The van der Waals surface area contributed by atoms with E-state index in [0.29, 0.717) is 11.4 Å². The van der Waals surface area contributed by atoms with Crippen molar-refractivity contribution in [1.29, 1.82) is 0 Å². The summed E-state index contributed by atoms with van der Waals surface area (Å²) in [5.41, 5.74) is 1.37. The Hall–Kier alpha value is -0.0100. The first-order chi connectivity index (χ1) is 6.20. The first kappa shape index (κ1) is 11.1. The number of hydrogen-bond donors (Lipinski definition) is 1. The van der Waals surface area contributed by atoms with Gasteiger partial charge in [0.25, 0.3) is 0 Å². The van der Waals surface area contributed by atoms with Crippen LogP contribution in [0.1, 0.15) is 39.5 Å². The van der Waals surface area contributed by atoms with Gasteiger partial charge in [0.1, 0.15) is 0 Å². The fourth-order valence-electron chi connectivity index (χ4n) is 1.73. The fraction of sp³-hybridized carbons (Fsp3) is 0.818. The minimum absolute atomic E-state index is 0.347. The normalized spacial score (nSPS) is 28.5. The zero-order valence-corrected chi connectivity index (χ0v) is 9.40. The van der Waals surface area contributed by atoms with E-state index in [2.05, 4.69) is 25.2 Å². The van der Waals surface area contributed by atoms with Crippen LogP contribution >= 0.6 is 11.6 Å². The Labute approximate surface area is 86.5 Å². The van der Waals surface area contributed by atoms with Crippen LogP contribution in [0.2, 0.25) is 0 Å². The molecule has 1 saturated carbocycles. The van der Waals surface area contributed by atoms with Crippen molar-refractivity contribution < 1.29 is 0 Å². The van der Waals surface area contributed by atoms with Crippen molar-refractivity contribution in [3.8, 4) is 0 Å². The SMILES string of the molecule is CC(C)=CCNC1CCCCC1Cl. The van der Waals surface area contributed by atoms with Gasteiger partial charge in [0, 0.05) is 18.0 Å². The van der Waals surface area contributed by atoms with E-state index in [4.69, 9.17) is 11.6 Å². The van der Waals surface area contributed by atoms with Crippen LogP contribution in [0.15, 0.2) is 11.6 Å². The third-order valence-electron chi connectivity index (χ3n) is 2.57. The molecule has 0 saturated heterocycles. The van der Waals surface area contributed by atoms with Crippen LogP contribution in [-0.2, 0) is 0 Å². The second-order valence-electron chi connectivity index (χ2n) is 4.10. The van der Waals surface area contributed by atoms with Crippen molar-refractivity contribution in [3.63, 3.8) is 0 Å². The van der Waals surface area contributed by atoms with E-state index in [1.165, 1.54) is 31.3 Å². The van der Waals surface area contributed by atoms with E-state index in [9.17, 15) is 0 Å². The number of rotatable bonds is 3. The molecule has 0 aromatic carbocycles. The van der Waals surface area contributed by atoms with Crippen LogP contribution in [-0.4, -0.2) is 18.0 Å². The standard InChI is InChI=1S/C11H20ClN/c1-9(2)7-8-13-11-6-4-3-5-10(11)12/h7,10-11,13H,3-6,8H2,1-2H3. The highest BCUT2D eigenvalue weighted by molar-refractivity contribution is 6.21. The molecule has 0 amide bonds. The highest BCUT2D eigenvalue weighted by Crippen LogP contribution is 2.22. The van der Waals surface area contributed by atoms with Crippen LogP contribution < -0.4 is 5.32 Å². The highest BCUT2D eigenvalue weighted by Gasteiger charge is 2.21. The molecular formula is C11H20ClN. The van der Waals surface area contributed by atoms with Gasteiger partial charge < -0.3 is 5.32 Å². The number of nitrogens with one attached hydrogen (secondary N) is 1. The van der Waals surface area contributed by atoms with Crippen LogP contribution in [0.5, 0.6) is 0 Å². The van der Waals surface area contributed by atoms with Crippen LogP contribution in [0.3, 0.4) is 0 Å². The van der Waals surface area contributed by atoms with Gasteiger partial charge in [-0.3, -0.25) is 0 Å². The number of hydrogen-bond acceptors (Lipinski definition) is 1. The minimum atomic E-state index is 0.347. The Balaban J connectivity index is 2.23. The van der Waals surface area contributed by atoms with E-state index in [-0.39, 0.29) is 0 Å². The fourth-order valence-corrected chi connectivity index (χ4v) is 2.10. The maximum atomic E-state index is 6.21. The Kier molecular flexibility index (Phi) is 4.82. The molecule has 1 N–H and O–H groups in total. The number of allylic oxidation sites excluding steroid dienone is 1. The molecule has 1 rings (SSSR count). The van der Waals surface area contributed by atoms with Crippen molar-refractivity contribution in [3.05, 3.63) is 11.6 Å². The monoisotopic (exact) mass is 201 g/mol. The smallest absolute Gasteiger partial charge is 0.0489 e. The first-order valence-electron chi connectivity index (χ1n) is 5.21. The molecule has 1 aliphatic rings. The zero-order chi connectivity index (χ0) is 9.68. The molecule has 1 nitrogen and oxygen atoms in total. The largest absolute Gasteiger partial charge is 0.309 e. The van der Waals surface area contributed by atoms with Crippen LogP contribution in [0.25, 0.3) is 0 Å². The molecule has 0 aromatic heterocycles. The van der Waals surface area contributed by atoms with Gasteiger partial charge in [0.2, 0.25) is 0 Å². The molecule has 2 heteroatoms. The maximum absolute atomic E-state index is 6.21. The Morgan fingerprint density at radius 1 is 1.38 bits per heavy atom. The summed E-state index contributed by atoms with van der Waals surface area (Å²) in [6.45, 7) is 5.22. The summed E-state index contributed by atoms with van der Waals surface area (Å²) in [7, 11) is 0. The minimum Gasteiger partial charge on any atom is -0.309 e. The molecule has 0 spiro atoms. The van der Waals surface area contributed by atoms with Crippen molar-refractivity contribution in [1.82, 2.24) is 5.32 Å². The van der Waals surface area contributed by atoms with Gasteiger partial charge in [0.05, 0.1) is 0 Å². The third-order valence-corrected chi connectivity index (χ3v) is 3.09. The molecule has 0 aromatic rings. The van der Waals surface area contributed by atoms with E-state index in [1.54, 1.807) is 0 Å². The quantitative estimate of drug-likeness (QED) is 0.547. The zero-order valence-electron chi connectivity index (χ0n) is 8.65. The van der Waals surface area contributed by atoms with Crippen LogP contribution in [0, 0.1) is 0 Å². The van der Waals surface area contributed by atoms with Gasteiger partial charge in [-0.25, -0.2) is 0 Å². The Morgan fingerprint density at radius 2 is 2.08 bits per heavy atom. The first-order valence-corrected chi connectivity index (χ1v) is 5.64. The van der Waals surface area contributed by atoms with Crippen LogP contribution in [0.4, 0.5) is 0 Å². The molecule has 0 radical (unpaired) electrons. The van der Waals surface area contributed by atoms with Crippen molar-refractivity contribution >= 4 is 11.6 Å². The predicted molar refractivity (Wildman–Crippen MR) is 59.3 cm³/mol. The molecule has 13 heavy (non-hydrogen) atoms.